The second-order valence-electron chi connectivity index (χ2n) is 17.4. The zero-order valence-corrected chi connectivity index (χ0v) is 41.9. The fourth-order valence-corrected chi connectivity index (χ4v) is 8.22. The molecule has 0 fully saturated rings. The van der Waals surface area contributed by atoms with Crippen LogP contribution in [0.2, 0.25) is 0 Å². The molecule has 9 heterocycles. The molecule has 9 aromatic heterocycles. The highest BCUT2D eigenvalue weighted by molar-refractivity contribution is 5.87. The van der Waals surface area contributed by atoms with Crippen molar-refractivity contribution < 1.29 is 32.6 Å². The number of hydrogen-bond acceptors (Lipinski definition) is 16. The number of aliphatic hydroxyl groups is 1. The Morgan fingerprint density at radius 2 is 0.923 bits per heavy atom. The maximum absolute atomic E-state index is 9.25. The Kier molecular flexibility index (Phi) is 15.6. The fraction of sp³-hybridized carbons (Fsp3) is 0.136. The van der Waals surface area contributed by atoms with E-state index in [0.29, 0.717) is 77.2 Å². The van der Waals surface area contributed by atoms with Crippen molar-refractivity contribution in [1.29, 1.82) is 15.8 Å². The molecule has 0 saturated carbocycles. The van der Waals surface area contributed by atoms with E-state index in [2.05, 4.69) is 60.5 Å². The standard InChI is InChI=1S/C21H18N4O2.C20H16N4O3.C18H12N4O2/c1-2-7-25-13-15(11-24-25)14-26-18-3-4-20-16(8-18)9-21(27-20)19-5-6-23-12-17(19)10-22;21-9-16-11-22-4-3-18(16)20-8-15-7-17(1-2-19(15)27-20)26-13-14-10-23-24(12-14)5-6-25;19-7-14-10-20-4-3-16(14)18-6-13-5-15(1-2-17(13)24-18)23-11-12-8-21-22-9-12/h3-6,8-9,11-13H,2,7,14H2,1H3;1-4,7-8,10-12,25H,5-6,13H2;1-6,8-10H,11H2,(H,21,22). The summed E-state index contributed by atoms with van der Waals surface area (Å²) in [6.45, 7) is 4.82. The lowest BCUT2D eigenvalue weighted by Gasteiger charge is -2.04. The second-order valence-corrected chi connectivity index (χ2v) is 17.4. The number of fused-ring (bicyclic) bond motifs is 3. The Morgan fingerprint density at radius 3 is 1.29 bits per heavy atom. The average Bonchev–Trinajstić information content (AvgIpc) is 4.41. The van der Waals surface area contributed by atoms with Crippen molar-refractivity contribution in [2.75, 3.05) is 6.61 Å². The highest BCUT2D eigenvalue weighted by Crippen LogP contribution is 2.35. The van der Waals surface area contributed by atoms with Gasteiger partial charge in [0.15, 0.2) is 0 Å². The van der Waals surface area contributed by atoms with Crippen LogP contribution in [0.1, 0.15) is 46.7 Å². The van der Waals surface area contributed by atoms with E-state index < -0.39 is 0 Å². The van der Waals surface area contributed by atoms with Gasteiger partial charge < -0.3 is 32.6 Å². The van der Waals surface area contributed by atoms with Crippen LogP contribution in [-0.4, -0.2) is 56.4 Å². The van der Waals surface area contributed by atoms with E-state index in [4.69, 9.17) is 32.6 Å². The number of pyridine rings is 3. The minimum Gasteiger partial charge on any atom is -0.489 e. The Labute approximate surface area is 445 Å². The van der Waals surface area contributed by atoms with E-state index in [-0.39, 0.29) is 6.61 Å². The first-order valence-electron chi connectivity index (χ1n) is 24.5. The van der Waals surface area contributed by atoms with Gasteiger partial charge in [-0.1, -0.05) is 6.92 Å². The summed E-state index contributed by atoms with van der Waals surface area (Å²) in [5.41, 5.74) is 8.72. The Balaban J connectivity index is 0.000000133. The van der Waals surface area contributed by atoms with Crippen molar-refractivity contribution in [3.05, 3.63) is 199 Å². The van der Waals surface area contributed by atoms with Crippen LogP contribution in [0.15, 0.2) is 179 Å². The van der Waals surface area contributed by atoms with Crippen molar-refractivity contribution in [3.8, 4) is 69.4 Å². The first-order chi connectivity index (χ1) is 38.4. The molecule has 384 valence electrons. The zero-order valence-electron chi connectivity index (χ0n) is 41.9. The number of aromatic amines is 1. The van der Waals surface area contributed by atoms with Gasteiger partial charge in [0.05, 0.1) is 48.4 Å². The predicted molar refractivity (Wildman–Crippen MR) is 286 cm³/mol. The zero-order chi connectivity index (χ0) is 53.6. The maximum atomic E-state index is 9.25. The van der Waals surface area contributed by atoms with Gasteiger partial charge in [0, 0.05) is 112 Å². The van der Waals surface area contributed by atoms with Crippen LogP contribution in [0.25, 0.3) is 66.9 Å². The first-order valence-corrected chi connectivity index (χ1v) is 24.5. The molecule has 0 amide bonds. The van der Waals surface area contributed by atoms with Gasteiger partial charge in [0.2, 0.25) is 0 Å². The van der Waals surface area contributed by atoms with Gasteiger partial charge in [-0.2, -0.15) is 31.1 Å². The molecule has 12 aromatic rings. The van der Waals surface area contributed by atoms with Crippen LogP contribution in [0.5, 0.6) is 17.2 Å². The van der Waals surface area contributed by atoms with Gasteiger partial charge in [-0.3, -0.25) is 29.4 Å². The van der Waals surface area contributed by atoms with Gasteiger partial charge in [0.25, 0.3) is 0 Å². The highest BCUT2D eigenvalue weighted by atomic mass is 16.5. The molecule has 0 atom stereocenters. The average molecular weight is 1040 g/mol. The van der Waals surface area contributed by atoms with Crippen LogP contribution in [0, 0.1) is 34.0 Å². The Morgan fingerprint density at radius 1 is 0.513 bits per heavy atom. The molecule has 0 saturated heterocycles. The lowest BCUT2D eigenvalue weighted by Crippen LogP contribution is -2.01. The molecule has 0 aliphatic carbocycles. The van der Waals surface area contributed by atoms with Crippen LogP contribution >= 0.6 is 0 Å². The molecular weight excluding hydrogens is 989 g/mol. The lowest BCUT2D eigenvalue weighted by atomic mass is 10.1. The number of aliphatic hydroxyl groups excluding tert-OH is 1. The van der Waals surface area contributed by atoms with E-state index in [1.54, 1.807) is 60.1 Å². The third-order valence-corrected chi connectivity index (χ3v) is 12.0. The minimum absolute atomic E-state index is 0.0481. The Bertz CT molecular complexity index is 3930. The number of rotatable bonds is 16. The molecule has 0 unspecified atom stereocenters. The van der Waals surface area contributed by atoms with Crippen molar-refractivity contribution >= 4 is 32.9 Å². The van der Waals surface area contributed by atoms with E-state index in [0.717, 1.165) is 79.6 Å². The molecule has 0 radical (unpaired) electrons. The van der Waals surface area contributed by atoms with E-state index in [1.165, 1.54) is 18.6 Å². The van der Waals surface area contributed by atoms with Gasteiger partial charge in [-0.05, 0) is 97.4 Å². The number of aromatic nitrogens is 9. The van der Waals surface area contributed by atoms with Gasteiger partial charge in [-0.15, -0.1) is 0 Å². The summed E-state index contributed by atoms with van der Waals surface area (Å²) >= 11 is 0. The summed E-state index contributed by atoms with van der Waals surface area (Å²) in [7, 11) is 0. The second kappa shape index (κ2) is 24.0. The molecule has 19 nitrogen and oxygen atoms in total. The van der Waals surface area contributed by atoms with Crippen LogP contribution in [-0.2, 0) is 32.9 Å². The monoisotopic (exact) mass is 1030 g/mol. The van der Waals surface area contributed by atoms with E-state index in [9.17, 15) is 15.8 Å². The molecule has 78 heavy (non-hydrogen) atoms. The first kappa shape index (κ1) is 50.7. The predicted octanol–water partition coefficient (Wildman–Crippen LogP) is 11.4. The number of aryl methyl sites for hydroxylation is 1. The summed E-state index contributed by atoms with van der Waals surface area (Å²) in [4.78, 5) is 11.9. The molecule has 12 rings (SSSR count). The molecule has 0 aliphatic heterocycles. The van der Waals surface area contributed by atoms with Crippen LogP contribution < -0.4 is 14.2 Å². The number of H-pyrrole nitrogens is 1. The van der Waals surface area contributed by atoms with Gasteiger partial charge >= 0.3 is 0 Å². The smallest absolute Gasteiger partial charge is 0.136 e. The lowest BCUT2D eigenvalue weighted by molar-refractivity contribution is 0.269. The number of furan rings is 3. The minimum atomic E-state index is 0.0481. The SMILES string of the molecule is CCCn1cc(COc2ccc3oc(-c4ccncc4C#N)cc3c2)cn1.N#Cc1cnccc1-c1cc2cc(OCc3cn[nH]c3)ccc2o1.N#Cc1cnccc1-c1cc2cc(OCc3cnn(CCO)c3)ccc2o1. The largest absolute Gasteiger partial charge is 0.489 e. The summed E-state index contributed by atoms with van der Waals surface area (Å²) < 4.78 is 38.7. The quantitative estimate of drug-likeness (QED) is 0.0911. The number of nitrogens with zero attached hydrogens (tertiary/aromatic N) is 11. The van der Waals surface area contributed by atoms with Crippen molar-refractivity contribution in [3.63, 3.8) is 0 Å². The van der Waals surface area contributed by atoms with Crippen LogP contribution in [0.3, 0.4) is 0 Å². The molecule has 0 spiro atoms. The highest BCUT2D eigenvalue weighted by Gasteiger charge is 2.15. The molecule has 19 heteroatoms. The van der Waals surface area contributed by atoms with Gasteiger partial charge in [0.1, 0.15) is 89.3 Å². The fourth-order valence-electron chi connectivity index (χ4n) is 8.22. The number of nitriles is 3. The molecule has 3 aromatic carbocycles. The summed E-state index contributed by atoms with van der Waals surface area (Å²) in [6, 6.07) is 34.3. The molecule has 0 aliphatic rings. The number of hydrogen-bond donors (Lipinski definition) is 2. The third-order valence-electron chi connectivity index (χ3n) is 12.0. The summed E-state index contributed by atoms with van der Waals surface area (Å²) in [5.74, 6) is 4.10. The summed E-state index contributed by atoms with van der Waals surface area (Å²) in [6.07, 6.45) is 21.5. The van der Waals surface area contributed by atoms with E-state index in [1.807, 2.05) is 96.1 Å². The molecule has 0 bridgehead atoms. The maximum Gasteiger partial charge on any atom is 0.136 e. The van der Waals surface area contributed by atoms with Crippen molar-refractivity contribution in [1.82, 2.24) is 44.7 Å². The Hall–Kier alpha value is -10.8. The molecule has 2 N–H and O–H groups in total. The topological polar surface area (TPSA) is 262 Å². The van der Waals surface area contributed by atoms with Crippen LogP contribution in [0.4, 0.5) is 0 Å². The normalized spacial score (nSPS) is 10.8. The van der Waals surface area contributed by atoms with E-state index >= 15 is 0 Å². The summed E-state index contributed by atoms with van der Waals surface area (Å²) in [5, 5.41) is 54.4. The number of benzene rings is 3. The number of ether oxygens (including phenoxy) is 3. The van der Waals surface area contributed by atoms with Gasteiger partial charge in [-0.25, -0.2) is 0 Å². The molecular formula is C59H46N12O7. The third kappa shape index (κ3) is 12.1. The van der Waals surface area contributed by atoms with Crippen molar-refractivity contribution in [2.45, 2.75) is 46.3 Å². The van der Waals surface area contributed by atoms with Crippen molar-refractivity contribution in [2.24, 2.45) is 0 Å². The number of nitrogens with one attached hydrogen (secondary N) is 1.